The minimum atomic E-state index is -1.03. The molecule has 4 aromatic rings. The Hall–Kier alpha value is -5.87. The predicted octanol–water partition coefficient (Wildman–Crippen LogP) is 6.21. The van der Waals surface area contributed by atoms with Crippen LogP contribution in [-0.2, 0) is 39.6 Å². The van der Waals surface area contributed by atoms with Crippen LogP contribution in [0.25, 0.3) is 5.57 Å². The molecule has 2 bridgehead atoms. The van der Waals surface area contributed by atoms with Gasteiger partial charge in [0.2, 0.25) is 17.8 Å². The van der Waals surface area contributed by atoms with Crippen LogP contribution in [0, 0.1) is 0 Å². The minimum Gasteiger partial charge on any atom is -0.385 e. The zero-order valence-electron chi connectivity index (χ0n) is 39.0. The van der Waals surface area contributed by atoms with E-state index in [2.05, 4.69) is 55.7 Å². The first kappa shape index (κ1) is 44.6. The number of aliphatic hydroxyl groups is 2. The normalized spacial score (nSPS) is 26.9. The Morgan fingerprint density at radius 2 is 1.56 bits per heavy atom. The second-order valence-corrected chi connectivity index (χ2v) is 20.5. The number of Topliss-reactive ketones (excluding diaryl/α,β-unsaturated/α-hetero) is 1. The second kappa shape index (κ2) is 17.9. The molecule has 354 valence electrons. The number of allylic oxidation sites excluding steroid dienone is 1. The van der Waals surface area contributed by atoms with Crippen LogP contribution in [-0.4, -0.2) is 107 Å². The number of carbonyl (C=O) groups excluding carboxylic acids is 4. The van der Waals surface area contributed by atoms with Crippen molar-refractivity contribution in [1.82, 2.24) is 35.0 Å². The number of benzene rings is 2. The molecule has 1 aliphatic carbocycles. The Labute approximate surface area is 397 Å². The third-order valence-corrected chi connectivity index (χ3v) is 16.3. The first-order valence-electron chi connectivity index (χ1n) is 24.7. The van der Waals surface area contributed by atoms with E-state index in [4.69, 9.17) is 9.97 Å². The number of anilines is 3. The van der Waals surface area contributed by atoms with Gasteiger partial charge in [-0.25, -0.2) is 9.97 Å². The summed E-state index contributed by atoms with van der Waals surface area (Å²) in [7, 11) is 0. The number of nitrogens with zero attached hydrogens (tertiary/aromatic N) is 7. The van der Waals surface area contributed by atoms with Gasteiger partial charge in [0.15, 0.2) is 12.0 Å². The van der Waals surface area contributed by atoms with E-state index in [9.17, 15) is 29.4 Å². The molecule has 7 aliphatic rings. The van der Waals surface area contributed by atoms with Gasteiger partial charge in [0.25, 0.3) is 5.91 Å². The number of hydrogen-bond acceptors (Lipinski definition) is 13. The van der Waals surface area contributed by atoms with Gasteiger partial charge in [-0.15, -0.1) is 0 Å². The fraction of sp³-hybridized carbons (Fsp3) is 0.491. The first-order valence-corrected chi connectivity index (χ1v) is 24.7. The smallest absolute Gasteiger partial charge is 0.255 e. The van der Waals surface area contributed by atoms with Gasteiger partial charge in [-0.1, -0.05) is 55.3 Å². The van der Waals surface area contributed by atoms with Crippen LogP contribution in [0.3, 0.4) is 0 Å². The van der Waals surface area contributed by atoms with Crippen molar-refractivity contribution >= 4 is 46.7 Å². The van der Waals surface area contributed by atoms with E-state index in [1.54, 1.807) is 11.1 Å². The number of fused-ring (bicyclic) bond motifs is 4. The Kier molecular flexibility index (Phi) is 11.7. The number of imide groups is 1. The van der Waals surface area contributed by atoms with E-state index in [1.165, 1.54) is 23.6 Å². The summed E-state index contributed by atoms with van der Waals surface area (Å²) < 4.78 is 0. The molecule has 5 fully saturated rings. The van der Waals surface area contributed by atoms with Crippen LogP contribution in [0.1, 0.15) is 141 Å². The Bertz CT molecular complexity index is 2660. The average Bonchev–Trinajstić information content (AvgIpc) is 4.04. The lowest BCUT2D eigenvalue weighted by molar-refractivity contribution is -0.137. The summed E-state index contributed by atoms with van der Waals surface area (Å²) in [6, 6.07) is 18.9. The molecular weight excluding hydrogens is 859 g/mol. The van der Waals surface area contributed by atoms with Crippen molar-refractivity contribution in [1.29, 1.82) is 0 Å². The van der Waals surface area contributed by atoms with Crippen molar-refractivity contribution in [3.63, 3.8) is 0 Å². The van der Waals surface area contributed by atoms with Gasteiger partial charge in [-0.3, -0.25) is 34.3 Å². The van der Waals surface area contributed by atoms with Crippen LogP contribution >= 0.6 is 0 Å². The largest absolute Gasteiger partial charge is 0.385 e. The van der Waals surface area contributed by atoms with Gasteiger partial charge in [0, 0.05) is 73.3 Å². The highest BCUT2D eigenvalue weighted by molar-refractivity contribution is 6.06. The topological polar surface area (TPSA) is 184 Å². The van der Waals surface area contributed by atoms with E-state index in [-0.39, 0.29) is 42.1 Å². The third-order valence-electron chi connectivity index (χ3n) is 16.3. The van der Waals surface area contributed by atoms with Crippen molar-refractivity contribution in [2.75, 3.05) is 23.3 Å². The van der Waals surface area contributed by atoms with Gasteiger partial charge >= 0.3 is 0 Å². The first-order chi connectivity index (χ1) is 32.9. The van der Waals surface area contributed by atoms with Crippen molar-refractivity contribution in [3.05, 3.63) is 112 Å². The molecule has 0 radical (unpaired) electrons. The molecule has 15 heteroatoms. The molecule has 5 atom stereocenters. The highest BCUT2D eigenvalue weighted by Gasteiger charge is 2.49. The maximum atomic E-state index is 13.3. The van der Waals surface area contributed by atoms with Crippen molar-refractivity contribution in [3.8, 4) is 0 Å². The van der Waals surface area contributed by atoms with Gasteiger partial charge < -0.3 is 25.3 Å². The standard InChI is InChI=1S/C53H61N9O6/c1-31-43-27-55-52(58-48(43)62(39-5-3-4-6-39)51(67)47(31)32(2)63)56-45-17-11-36(26-54-45)35-19-21-59(22-20-35)28-33-7-9-34(10-8-33)29-60-40-13-14-41(60)25-53(68,24-40)38-12-15-42-37(23-38)30-61(50(42)66)44-16-18-46(64)57-49(44)65/h7-12,15,17,23,26-27,35,39-41,44,51,67-68H,3-6,13-14,16,18-22,24-25,28-30H2,1-2H3,(H,57,64,65)(H,54,55,56,58)/t40-,41+,44?,51?,53?. The Balaban J connectivity index is 0.664. The number of amides is 3. The number of likely N-dealkylation sites (tertiary alicyclic amines) is 1. The fourth-order valence-electron chi connectivity index (χ4n) is 12.6. The number of aromatic nitrogens is 3. The lowest BCUT2D eigenvalue weighted by atomic mass is 9.79. The number of ketones is 1. The third kappa shape index (κ3) is 8.30. The van der Waals surface area contributed by atoms with Crippen LogP contribution in [0.2, 0.25) is 0 Å². The number of pyridine rings is 1. The maximum Gasteiger partial charge on any atom is 0.255 e. The number of rotatable bonds is 11. The zero-order chi connectivity index (χ0) is 46.8. The van der Waals surface area contributed by atoms with Crippen LogP contribution in [0.5, 0.6) is 0 Å². The second-order valence-electron chi connectivity index (χ2n) is 20.5. The molecule has 4 N–H and O–H groups in total. The zero-order valence-corrected chi connectivity index (χ0v) is 39.0. The molecule has 2 aromatic carbocycles. The SMILES string of the molecule is CC(=O)C1=C(C)c2cnc(Nc3ccc(C4CCN(Cc5ccc(CN6[C@@H]7CC[C@H]6CC(O)(c6ccc8c(c6)CN(C6CCC(=O)NC6=O)C8=O)C7)cc5)CC4)cn3)nc2N(C2CCCC2)C1O. The fourth-order valence-corrected chi connectivity index (χ4v) is 12.6. The van der Waals surface area contributed by atoms with Crippen molar-refractivity contribution in [2.45, 2.75) is 152 Å². The van der Waals surface area contributed by atoms with Gasteiger partial charge in [-0.05, 0) is 136 Å². The van der Waals surface area contributed by atoms with E-state index in [0.29, 0.717) is 60.4 Å². The number of carbonyl (C=O) groups is 4. The number of aliphatic hydroxyl groups excluding tert-OH is 1. The summed E-state index contributed by atoms with van der Waals surface area (Å²) >= 11 is 0. The van der Waals surface area contributed by atoms with E-state index in [1.807, 2.05) is 42.3 Å². The number of piperidine rings is 3. The Morgan fingerprint density at radius 1 is 0.838 bits per heavy atom. The maximum absolute atomic E-state index is 13.3. The molecule has 4 saturated heterocycles. The van der Waals surface area contributed by atoms with Crippen LogP contribution in [0.4, 0.5) is 17.6 Å². The monoisotopic (exact) mass is 919 g/mol. The minimum absolute atomic E-state index is 0.114. The average molecular weight is 920 g/mol. The summed E-state index contributed by atoms with van der Waals surface area (Å²) in [5, 5.41) is 29.2. The van der Waals surface area contributed by atoms with Crippen molar-refractivity contribution in [2.24, 2.45) is 0 Å². The van der Waals surface area contributed by atoms with Crippen LogP contribution < -0.4 is 15.5 Å². The summed E-state index contributed by atoms with van der Waals surface area (Å²) in [4.78, 5) is 73.0. The molecule has 1 saturated carbocycles. The van der Waals surface area contributed by atoms with Gasteiger partial charge in [0.05, 0.1) is 5.60 Å². The lowest BCUT2D eigenvalue weighted by Crippen LogP contribution is -2.52. The van der Waals surface area contributed by atoms with E-state index >= 15 is 0 Å². The molecule has 3 unspecified atom stereocenters. The number of nitrogens with one attached hydrogen (secondary N) is 2. The van der Waals surface area contributed by atoms with Gasteiger partial charge in [0.1, 0.15) is 17.7 Å². The summed E-state index contributed by atoms with van der Waals surface area (Å²) in [5.41, 5.74) is 6.99. The predicted molar refractivity (Wildman–Crippen MR) is 255 cm³/mol. The molecule has 3 amide bonds. The van der Waals surface area contributed by atoms with Crippen LogP contribution in [0.15, 0.2) is 72.6 Å². The van der Waals surface area contributed by atoms with E-state index in [0.717, 1.165) is 99.8 Å². The lowest BCUT2D eigenvalue weighted by Gasteiger charge is -2.44. The molecule has 11 rings (SSSR count). The molecule has 15 nitrogen and oxygen atoms in total. The molecule has 2 aromatic heterocycles. The molecule has 0 spiro atoms. The summed E-state index contributed by atoms with van der Waals surface area (Å²) in [6.07, 6.45) is 12.8. The van der Waals surface area contributed by atoms with Gasteiger partial charge in [-0.2, -0.15) is 4.98 Å². The highest BCUT2D eigenvalue weighted by Crippen LogP contribution is 2.47. The highest BCUT2D eigenvalue weighted by atomic mass is 16.3. The van der Waals surface area contributed by atoms with E-state index < -0.39 is 23.8 Å². The number of hydrogen-bond donors (Lipinski definition) is 4. The molecular formula is C53H61N9O6. The molecule has 6 aliphatic heterocycles. The van der Waals surface area contributed by atoms with Crippen molar-refractivity contribution < 1.29 is 29.4 Å². The molecule has 8 heterocycles. The quantitative estimate of drug-likeness (QED) is 0.125. The summed E-state index contributed by atoms with van der Waals surface area (Å²) in [5.74, 6) is 1.10. The summed E-state index contributed by atoms with van der Waals surface area (Å²) in [6.45, 7) is 7.45. The Morgan fingerprint density at radius 3 is 2.24 bits per heavy atom. The molecule has 68 heavy (non-hydrogen) atoms.